The van der Waals surface area contributed by atoms with E-state index in [2.05, 4.69) is 24.2 Å². The molecule has 1 nitrogen and oxygen atoms in total. The van der Waals surface area contributed by atoms with E-state index in [9.17, 15) is 0 Å². The number of thiazole rings is 1. The molecule has 0 fully saturated rings. The predicted octanol–water partition coefficient (Wildman–Crippen LogP) is 3.51. The number of nitrogens with zero attached hydrogens (tertiary/aromatic N) is 1. The van der Waals surface area contributed by atoms with Crippen LogP contribution >= 0.6 is 22.9 Å². The fraction of sp³-hybridized carbons (Fsp3) is 0.700. The van der Waals surface area contributed by atoms with Gasteiger partial charge in [-0.3, -0.25) is 0 Å². The van der Waals surface area contributed by atoms with Crippen molar-refractivity contribution in [1.29, 1.82) is 0 Å². The van der Waals surface area contributed by atoms with Gasteiger partial charge >= 0.3 is 0 Å². The lowest BCUT2D eigenvalue weighted by molar-refractivity contribution is 0.642. The Morgan fingerprint density at radius 2 is 2.31 bits per heavy atom. The Morgan fingerprint density at radius 3 is 2.92 bits per heavy atom. The van der Waals surface area contributed by atoms with Gasteiger partial charge in [-0.25, -0.2) is 4.98 Å². The summed E-state index contributed by atoms with van der Waals surface area (Å²) < 4.78 is 0. The van der Waals surface area contributed by atoms with E-state index < -0.39 is 0 Å². The van der Waals surface area contributed by atoms with Gasteiger partial charge in [0.25, 0.3) is 0 Å². The Bertz CT molecular complexity index is 245. The molecule has 0 saturated carbocycles. The molecule has 13 heavy (non-hydrogen) atoms. The first kappa shape index (κ1) is 11.0. The van der Waals surface area contributed by atoms with Gasteiger partial charge in [-0.2, -0.15) is 0 Å². The molecule has 0 N–H and O–H groups in total. The molecule has 74 valence electrons. The van der Waals surface area contributed by atoms with Crippen LogP contribution in [-0.2, 0) is 12.8 Å². The summed E-state index contributed by atoms with van der Waals surface area (Å²) in [5, 5.41) is 3.42. The van der Waals surface area contributed by atoms with Gasteiger partial charge in [0.1, 0.15) is 0 Å². The molecule has 0 aliphatic carbocycles. The molecule has 3 heteroatoms. The van der Waals surface area contributed by atoms with Gasteiger partial charge in [0, 0.05) is 17.7 Å². The van der Waals surface area contributed by atoms with E-state index in [0.29, 0.717) is 5.92 Å². The van der Waals surface area contributed by atoms with Crippen LogP contribution in [0.25, 0.3) is 0 Å². The number of alkyl halides is 1. The second-order valence-electron chi connectivity index (χ2n) is 3.62. The minimum Gasteiger partial charge on any atom is -0.246 e. The lowest BCUT2D eigenvalue weighted by atomic mass is 10.1. The highest BCUT2D eigenvalue weighted by Gasteiger charge is 2.03. The largest absolute Gasteiger partial charge is 0.246 e. The normalized spacial score (nSPS) is 11.1. The number of rotatable bonds is 5. The maximum atomic E-state index is 5.62. The third-order valence-corrected chi connectivity index (χ3v) is 2.94. The SMILES string of the molecule is CC(C)Cc1nc(CCCCl)cs1. The summed E-state index contributed by atoms with van der Waals surface area (Å²) in [7, 11) is 0. The van der Waals surface area contributed by atoms with Crippen molar-refractivity contribution >= 4 is 22.9 Å². The first-order valence-electron chi connectivity index (χ1n) is 4.71. The Kier molecular flexibility index (Phi) is 4.74. The molecule has 0 atom stereocenters. The third-order valence-electron chi connectivity index (χ3n) is 1.75. The molecule has 0 bridgehead atoms. The van der Waals surface area contributed by atoms with E-state index >= 15 is 0 Å². The van der Waals surface area contributed by atoms with Crippen molar-refractivity contribution in [2.45, 2.75) is 33.1 Å². The van der Waals surface area contributed by atoms with Gasteiger partial charge in [-0.15, -0.1) is 22.9 Å². The highest BCUT2D eigenvalue weighted by Crippen LogP contribution is 2.15. The summed E-state index contributed by atoms with van der Waals surface area (Å²) in [5.41, 5.74) is 1.21. The Balaban J connectivity index is 2.44. The Labute approximate surface area is 89.1 Å². The van der Waals surface area contributed by atoms with Crippen molar-refractivity contribution in [2.24, 2.45) is 5.92 Å². The fourth-order valence-corrected chi connectivity index (χ4v) is 2.33. The van der Waals surface area contributed by atoms with Crippen molar-refractivity contribution in [3.63, 3.8) is 0 Å². The van der Waals surface area contributed by atoms with Crippen LogP contribution in [0.15, 0.2) is 5.38 Å². The van der Waals surface area contributed by atoms with Crippen LogP contribution in [0.5, 0.6) is 0 Å². The average Bonchev–Trinajstić information content (AvgIpc) is 2.48. The second-order valence-corrected chi connectivity index (χ2v) is 4.94. The van der Waals surface area contributed by atoms with Crippen LogP contribution < -0.4 is 0 Å². The molecule has 0 unspecified atom stereocenters. The molecule has 1 aromatic heterocycles. The molecule has 0 aliphatic rings. The second kappa shape index (κ2) is 5.61. The summed E-state index contributed by atoms with van der Waals surface area (Å²) >= 11 is 7.39. The summed E-state index contributed by atoms with van der Waals surface area (Å²) in [4.78, 5) is 4.55. The van der Waals surface area contributed by atoms with Crippen LogP contribution in [0.4, 0.5) is 0 Å². The van der Waals surface area contributed by atoms with Crippen molar-refractivity contribution in [3.05, 3.63) is 16.1 Å². The summed E-state index contributed by atoms with van der Waals surface area (Å²) in [6, 6.07) is 0. The molecule has 1 heterocycles. The third kappa shape index (κ3) is 4.10. The minimum atomic E-state index is 0.701. The lowest BCUT2D eigenvalue weighted by Gasteiger charge is -1.98. The zero-order valence-corrected chi connectivity index (χ0v) is 9.79. The maximum absolute atomic E-state index is 5.62. The van der Waals surface area contributed by atoms with Crippen LogP contribution in [0, 0.1) is 5.92 Å². The van der Waals surface area contributed by atoms with Gasteiger partial charge in [-0.1, -0.05) is 13.8 Å². The van der Waals surface area contributed by atoms with Crippen LogP contribution in [0.3, 0.4) is 0 Å². The number of aromatic nitrogens is 1. The average molecular weight is 218 g/mol. The van der Waals surface area contributed by atoms with Crippen molar-refractivity contribution in [1.82, 2.24) is 4.98 Å². The topological polar surface area (TPSA) is 12.9 Å². The first-order chi connectivity index (χ1) is 6.22. The summed E-state index contributed by atoms with van der Waals surface area (Å²) in [6.07, 6.45) is 3.16. The van der Waals surface area contributed by atoms with Gasteiger partial charge in [0.05, 0.1) is 10.7 Å². The Morgan fingerprint density at radius 1 is 1.54 bits per heavy atom. The molecular weight excluding hydrogens is 202 g/mol. The molecule has 0 aromatic carbocycles. The van der Waals surface area contributed by atoms with Crippen LogP contribution in [-0.4, -0.2) is 10.9 Å². The maximum Gasteiger partial charge on any atom is 0.0930 e. The van der Waals surface area contributed by atoms with Gasteiger partial charge < -0.3 is 0 Å². The molecular formula is C10H16ClNS. The van der Waals surface area contributed by atoms with E-state index in [1.165, 1.54) is 10.7 Å². The molecule has 0 radical (unpaired) electrons. The van der Waals surface area contributed by atoms with Crippen molar-refractivity contribution < 1.29 is 0 Å². The molecule has 0 aliphatic heterocycles. The standard InChI is InChI=1S/C10H16ClNS/c1-8(2)6-10-12-9(7-13-10)4-3-5-11/h7-8H,3-6H2,1-2H3. The van der Waals surface area contributed by atoms with E-state index in [1.807, 2.05) is 0 Å². The molecule has 1 aromatic rings. The summed E-state index contributed by atoms with van der Waals surface area (Å²) in [5.74, 6) is 1.43. The van der Waals surface area contributed by atoms with E-state index in [0.717, 1.165) is 25.1 Å². The Hall–Kier alpha value is -0.0800. The van der Waals surface area contributed by atoms with Gasteiger partial charge in [0.15, 0.2) is 0 Å². The molecule has 0 spiro atoms. The van der Waals surface area contributed by atoms with E-state index in [4.69, 9.17) is 11.6 Å². The highest BCUT2D eigenvalue weighted by atomic mass is 35.5. The van der Waals surface area contributed by atoms with Crippen LogP contribution in [0.2, 0.25) is 0 Å². The zero-order valence-electron chi connectivity index (χ0n) is 8.22. The van der Waals surface area contributed by atoms with Gasteiger partial charge in [-0.05, 0) is 18.8 Å². The zero-order chi connectivity index (χ0) is 9.68. The first-order valence-corrected chi connectivity index (χ1v) is 6.13. The predicted molar refractivity (Wildman–Crippen MR) is 59.7 cm³/mol. The van der Waals surface area contributed by atoms with Crippen molar-refractivity contribution in [2.75, 3.05) is 5.88 Å². The number of halogens is 1. The number of hydrogen-bond donors (Lipinski definition) is 0. The van der Waals surface area contributed by atoms with Gasteiger partial charge in [0.2, 0.25) is 0 Å². The molecule has 0 saturated heterocycles. The molecule has 1 rings (SSSR count). The summed E-state index contributed by atoms with van der Waals surface area (Å²) in [6.45, 7) is 4.44. The van der Waals surface area contributed by atoms with Crippen molar-refractivity contribution in [3.8, 4) is 0 Å². The number of aryl methyl sites for hydroxylation is 1. The van der Waals surface area contributed by atoms with E-state index in [1.54, 1.807) is 11.3 Å². The highest BCUT2D eigenvalue weighted by molar-refractivity contribution is 7.09. The fourth-order valence-electron chi connectivity index (χ4n) is 1.15. The van der Waals surface area contributed by atoms with E-state index in [-0.39, 0.29) is 0 Å². The smallest absolute Gasteiger partial charge is 0.0930 e. The molecule has 0 amide bonds. The van der Waals surface area contributed by atoms with Crippen LogP contribution in [0.1, 0.15) is 31.0 Å². The lowest BCUT2D eigenvalue weighted by Crippen LogP contribution is -1.94. The quantitative estimate of drug-likeness (QED) is 0.688. The number of hydrogen-bond acceptors (Lipinski definition) is 2. The monoisotopic (exact) mass is 217 g/mol. The minimum absolute atomic E-state index is 0.701.